The molecule has 0 heterocycles. The average molecular weight is 477 g/mol. The number of methoxy groups -OCH3 is 1. The van der Waals surface area contributed by atoms with Crippen LogP contribution in [0.2, 0.25) is 5.02 Å². The number of hydrogen-bond acceptors (Lipinski definition) is 4. The maximum absolute atomic E-state index is 10.4. The summed E-state index contributed by atoms with van der Waals surface area (Å²) in [7, 11) is 1.62. The highest BCUT2D eigenvalue weighted by molar-refractivity contribution is 9.10. The molecular formula is C23H23BrClNO3. The van der Waals surface area contributed by atoms with Gasteiger partial charge in [-0.05, 0) is 35.4 Å². The number of hydrogen-bond donors (Lipinski definition) is 2. The number of rotatable bonds is 9. The van der Waals surface area contributed by atoms with E-state index in [0.717, 1.165) is 21.2 Å². The summed E-state index contributed by atoms with van der Waals surface area (Å²) >= 11 is 9.67. The van der Waals surface area contributed by atoms with Crippen molar-refractivity contribution in [1.29, 1.82) is 0 Å². The van der Waals surface area contributed by atoms with Crippen LogP contribution in [0, 0.1) is 0 Å². The summed E-state index contributed by atoms with van der Waals surface area (Å²) in [5.41, 5.74) is 2.77. The Morgan fingerprint density at radius 3 is 2.59 bits per heavy atom. The Morgan fingerprint density at radius 2 is 1.86 bits per heavy atom. The summed E-state index contributed by atoms with van der Waals surface area (Å²) in [6, 6.07) is 20.9. The standard InChI is InChI=1S/C23H23BrClNO3/c1-28-22-11-10-20(24)19(13-26-14-21(27)17-7-3-2-4-8-17)23(22)29-15-16-6-5-9-18(25)12-16/h2-12,21,26-27H,13-15H2,1H3. The normalized spacial score (nSPS) is 11.9. The second kappa shape index (κ2) is 10.6. The van der Waals surface area contributed by atoms with E-state index in [1.165, 1.54) is 0 Å². The molecule has 4 nitrogen and oxygen atoms in total. The first-order chi connectivity index (χ1) is 14.1. The van der Waals surface area contributed by atoms with Crippen molar-refractivity contribution >= 4 is 27.5 Å². The van der Waals surface area contributed by atoms with Gasteiger partial charge in [-0.2, -0.15) is 0 Å². The first-order valence-corrected chi connectivity index (χ1v) is 10.4. The molecule has 0 saturated carbocycles. The van der Waals surface area contributed by atoms with E-state index in [9.17, 15) is 5.11 Å². The molecule has 0 saturated heterocycles. The number of ether oxygens (including phenoxy) is 2. The third-order valence-electron chi connectivity index (χ3n) is 4.48. The molecule has 3 aromatic carbocycles. The number of aliphatic hydroxyl groups excluding tert-OH is 1. The van der Waals surface area contributed by atoms with Gasteiger partial charge in [0.2, 0.25) is 0 Å². The van der Waals surface area contributed by atoms with Gasteiger partial charge in [-0.25, -0.2) is 0 Å². The molecule has 2 N–H and O–H groups in total. The third-order valence-corrected chi connectivity index (χ3v) is 5.46. The summed E-state index contributed by atoms with van der Waals surface area (Å²) in [4.78, 5) is 0. The van der Waals surface area contributed by atoms with Gasteiger partial charge >= 0.3 is 0 Å². The largest absolute Gasteiger partial charge is 0.493 e. The second-order valence-corrected chi connectivity index (χ2v) is 7.82. The van der Waals surface area contributed by atoms with Crippen molar-refractivity contribution in [1.82, 2.24) is 5.32 Å². The lowest BCUT2D eigenvalue weighted by Gasteiger charge is -2.18. The van der Waals surface area contributed by atoms with Crippen LogP contribution < -0.4 is 14.8 Å². The van der Waals surface area contributed by atoms with E-state index >= 15 is 0 Å². The van der Waals surface area contributed by atoms with Crippen molar-refractivity contribution in [2.24, 2.45) is 0 Å². The maximum atomic E-state index is 10.4. The molecule has 0 bridgehead atoms. The van der Waals surface area contributed by atoms with E-state index < -0.39 is 6.10 Å². The van der Waals surface area contributed by atoms with Crippen molar-refractivity contribution in [2.45, 2.75) is 19.3 Å². The van der Waals surface area contributed by atoms with Gasteiger partial charge in [-0.1, -0.05) is 70.0 Å². The highest BCUT2D eigenvalue weighted by Crippen LogP contribution is 2.37. The minimum absolute atomic E-state index is 0.368. The van der Waals surface area contributed by atoms with E-state index in [2.05, 4.69) is 21.2 Å². The maximum Gasteiger partial charge on any atom is 0.167 e. The second-order valence-electron chi connectivity index (χ2n) is 6.53. The lowest BCUT2D eigenvalue weighted by Crippen LogP contribution is -2.21. The minimum atomic E-state index is -0.587. The van der Waals surface area contributed by atoms with Crippen molar-refractivity contribution in [2.75, 3.05) is 13.7 Å². The smallest absolute Gasteiger partial charge is 0.167 e. The number of benzene rings is 3. The van der Waals surface area contributed by atoms with Crippen LogP contribution in [0.15, 0.2) is 71.2 Å². The van der Waals surface area contributed by atoms with E-state index in [0.29, 0.717) is 36.2 Å². The van der Waals surface area contributed by atoms with Crippen LogP contribution >= 0.6 is 27.5 Å². The summed E-state index contributed by atoms with van der Waals surface area (Å²) in [5, 5.41) is 14.3. The lowest BCUT2D eigenvalue weighted by molar-refractivity contribution is 0.174. The van der Waals surface area contributed by atoms with Gasteiger partial charge in [0.25, 0.3) is 0 Å². The number of halogens is 2. The quantitative estimate of drug-likeness (QED) is 0.427. The van der Waals surface area contributed by atoms with Crippen molar-refractivity contribution < 1.29 is 14.6 Å². The van der Waals surface area contributed by atoms with Gasteiger partial charge in [0.15, 0.2) is 11.5 Å². The van der Waals surface area contributed by atoms with E-state index in [-0.39, 0.29) is 0 Å². The molecule has 0 aliphatic rings. The minimum Gasteiger partial charge on any atom is -0.493 e. The molecule has 0 aromatic heterocycles. The molecule has 1 unspecified atom stereocenters. The van der Waals surface area contributed by atoms with Gasteiger partial charge in [0, 0.05) is 28.1 Å². The molecule has 3 aromatic rings. The Hall–Kier alpha value is -2.05. The van der Waals surface area contributed by atoms with Crippen LogP contribution in [0.5, 0.6) is 11.5 Å². The third kappa shape index (κ3) is 5.97. The van der Waals surface area contributed by atoms with Crippen LogP contribution in [0.3, 0.4) is 0 Å². The fraction of sp³-hybridized carbons (Fsp3) is 0.217. The molecule has 0 spiro atoms. The number of nitrogens with one attached hydrogen (secondary N) is 1. The van der Waals surface area contributed by atoms with Gasteiger partial charge in [0.1, 0.15) is 6.61 Å². The zero-order valence-corrected chi connectivity index (χ0v) is 18.4. The molecule has 0 radical (unpaired) electrons. The summed E-state index contributed by atoms with van der Waals surface area (Å²) in [5.74, 6) is 1.30. The predicted octanol–water partition coefficient (Wildman–Crippen LogP) is 5.51. The summed E-state index contributed by atoms with van der Waals surface area (Å²) < 4.78 is 12.5. The van der Waals surface area contributed by atoms with E-state index in [1.54, 1.807) is 7.11 Å². The summed E-state index contributed by atoms with van der Waals surface area (Å²) in [6.45, 7) is 1.29. The molecule has 3 rings (SSSR count). The van der Waals surface area contributed by atoms with Crippen LogP contribution in [0.25, 0.3) is 0 Å². The van der Waals surface area contributed by atoms with Crippen molar-refractivity contribution in [3.05, 3.63) is 92.9 Å². The predicted molar refractivity (Wildman–Crippen MR) is 120 cm³/mol. The van der Waals surface area contributed by atoms with Gasteiger partial charge in [-0.3, -0.25) is 0 Å². The molecule has 0 aliphatic carbocycles. The van der Waals surface area contributed by atoms with Crippen molar-refractivity contribution in [3.63, 3.8) is 0 Å². The van der Waals surface area contributed by atoms with Crippen LogP contribution in [-0.2, 0) is 13.2 Å². The van der Waals surface area contributed by atoms with Crippen LogP contribution in [-0.4, -0.2) is 18.8 Å². The first kappa shape index (κ1) is 21.7. The SMILES string of the molecule is COc1ccc(Br)c(CNCC(O)c2ccccc2)c1OCc1cccc(Cl)c1. The van der Waals surface area contributed by atoms with E-state index in [1.807, 2.05) is 66.7 Å². The van der Waals surface area contributed by atoms with Gasteiger partial charge < -0.3 is 19.9 Å². The fourth-order valence-electron chi connectivity index (χ4n) is 2.98. The fourth-order valence-corrected chi connectivity index (χ4v) is 3.64. The molecule has 0 aliphatic heterocycles. The van der Waals surface area contributed by atoms with Gasteiger partial charge in [-0.15, -0.1) is 0 Å². The molecule has 152 valence electrons. The molecule has 1 atom stereocenters. The molecule has 0 fully saturated rings. The van der Waals surface area contributed by atoms with Crippen molar-refractivity contribution in [3.8, 4) is 11.5 Å². The monoisotopic (exact) mass is 475 g/mol. The molecule has 0 amide bonds. The zero-order chi connectivity index (χ0) is 20.6. The summed E-state index contributed by atoms with van der Waals surface area (Å²) in [6.07, 6.45) is -0.587. The van der Waals surface area contributed by atoms with Crippen LogP contribution in [0.4, 0.5) is 0 Å². The topological polar surface area (TPSA) is 50.7 Å². The number of aliphatic hydroxyl groups is 1. The highest BCUT2D eigenvalue weighted by atomic mass is 79.9. The first-order valence-electron chi connectivity index (χ1n) is 9.25. The van der Waals surface area contributed by atoms with E-state index in [4.69, 9.17) is 21.1 Å². The Labute approximate surface area is 184 Å². The molecule has 6 heteroatoms. The zero-order valence-electron chi connectivity index (χ0n) is 16.1. The highest BCUT2D eigenvalue weighted by Gasteiger charge is 2.16. The Kier molecular flexibility index (Phi) is 7.95. The molecule has 29 heavy (non-hydrogen) atoms. The van der Waals surface area contributed by atoms with Gasteiger partial charge in [0.05, 0.1) is 13.2 Å². The van der Waals surface area contributed by atoms with Crippen LogP contribution in [0.1, 0.15) is 22.8 Å². The lowest BCUT2D eigenvalue weighted by atomic mass is 10.1. The Balaban J connectivity index is 1.71. The Morgan fingerprint density at radius 1 is 1.07 bits per heavy atom. The molecular weight excluding hydrogens is 454 g/mol. The Bertz CT molecular complexity index is 937. The average Bonchev–Trinajstić information content (AvgIpc) is 2.74.